The highest BCUT2D eigenvalue weighted by Gasteiger charge is 2.20. The number of ether oxygens (including phenoxy) is 2. The third-order valence-electron chi connectivity index (χ3n) is 2.10. The van der Waals surface area contributed by atoms with Gasteiger partial charge in [0.25, 0.3) is 0 Å². The first-order chi connectivity index (χ1) is 6.45. The normalized spacial score (nSPS) is 15.7. The van der Waals surface area contributed by atoms with Gasteiger partial charge in [0, 0.05) is 0 Å². The minimum absolute atomic E-state index is 0.376. The van der Waals surface area contributed by atoms with Crippen molar-refractivity contribution in [3.05, 3.63) is 30.3 Å². The second kappa shape index (κ2) is 4.28. The second-order valence-electron chi connectivity index (χ2n) is 3.39. The molecule has 0 aliphatic heterocycles. The van der Waals surface area contributed by atoms with Gasteiger partial charge in [-0.3, -0.25) is 0 Å². The van der Waals surface area contributed by atoms with E-state index in [2.05, 4.69) is 0 Å². The molecule has 0 saturated heterocycles. The largest absolute Gasteiger partial charge is 0.468 e. The zero-order valence-corrected chi connectivity index (χ0v) is 7.61. The van der Waals surface area contributed by atoms with Crippen molar-refractivity contribution in [2.45, 2.75) is 12.8 Å². The maximum Gasteiger partial charge on any atom is 0.189 e. The topological polar surface area (TPSA) is 18.5 Å². The zero-order valence-electron chi connectivity index (χ0n) is 7.61. The van der Waals surface area contributed by atoms with Gasteiger partial charge in [-0.05, 0) is 30.9 Å². The zero-order chi connectivity index (χ0) is 8.93. The molecule has 1 fully saturated rings. The molecule has 0 spiro atoms. The quantitative estimate of drug-likeness (QED) is 0.509. The van der Waals surface area contributed by atoms with E-state index < -0.39 is 0 Å². The fourth-order valence-corrected chi connectivity index (χ4v) is 1.13. The number of hydrogen-bond donors (Lipinski definition) is 0. The predicted molar refractivity (Wildman–Crippen MR) is 50.6 cm³/mol. The van der Waals surface area contributed by atoms with E-state index >= 15 is 0 Å². The van der Waals surface area contributed by atoms with Crippen molar-refractivity contribution in [1.29, 1.82) is 0 Å². The van der Waals surface area contributed by atoms with Gasteiger partial charge in [-0.15, -0.1) is 0 Å². The fraction of sp³-hybridized carbons (Fsp3) is 0.455. The van der Waals surface area contributed by atoms with E-state index in [4.69, 9.17) is 9.47 Å². The average Bonchev–Trinajstić information content (AvgIpc) is 2.98. The summed E-state index contributed by atoms with van der Waals surface area (Å²) in [6, 6.07) is 9.74. The van der Waals surface area contributed by atoms with Crippen LogP contribution in [0, 0.1) is 5.92 Å². The van der Waals surface area contributed by atoms with Gasteiger partial charge in [0.2, 0.25) is 0 Å². The molecule has 1 saturated carbocycles. The highest BCUT2D eigenvalue weighted by Crippen LogP contribution is 2.28. The summed E-state index contributed by atoms with van der Waals surface area (Å²) in [5, 5.41) is 0. The summed E-state index contributed by atoms with van der Waals surface area (Å²) in [6.45, 7) is 1.23. The van der Waals surface area contributed by atoms with Crippen LogP contribution in [-0.4, -0.2) is 13.4 Å². The number of para-hydroxylation sites is 1. The lowest BCUT2D eigenvalue weighted by Crippen LogP contribution is -2.04. The molecular weight excluding hydrogens is 164 g/mol. The maximum absolute atomic E-state index is 5.36. The van der Waals surface area contributed by atoms with E-state index in [0.717, 1.165) is 18.3 Å². The van der Waals surface area contributed by atoms with Gasteiger partial charge < -0.3 is 9.47 Å². The first kappa shape index (κ1) is 8.57. The van der Waals surface area contributed by atoms with Crippen molar-refractivity contribution >= 4 is 0 Å². The van der Waals surface area contributed by atoms with Gasteiger partial charge in [-0.25, -0.2) is 0 Å². The molecule has 1 aliphatic carbocycles. The monoisotopic (exact) mass is 178 g/mol. The first-order valence-corrected chi connectivity index (χ1v) is 4.71. The standard InChI is InChI=1S/C11H14O2/c1-2-4-11(5-3-1)13-9-12-8-10-6-7-10/h1-5,10H,6-9H2. The van der Waals surface area contributed by atoms with E-state index in [1.807, 2.05) is 30.3 Å². The Hall–Kier alpha value is -1.02. The maximum atomic E-state index is 5.36. The molecule has 0 heterocycles. The third kappa shape index (κ3) is 3.07. The summed E-state index contributed by atoms with van der Waals surface area (Å²) in [5.41, 5.74) is 0. The molecule has 0 radical (unpaired) electrons. The van der Waals surface area contributed by atoms with Gasteiger partial charge in [0.15, 0.2) is 6.79 Å². The summed E-state index contributed by atoms with van der Waals surface area (Å²) in [4.78, 5) is 0. The highest BCUT2D eigenvalue weighted by atomic mass is 16.7. The van der Waals surface area contributed by atoms with Gasteiger partial charge in [-0.1, -0.05) is 18.2 Å². The van der Waals surface area contributed by atoms with Crippen molar-refractivity contribution in [3.8, 4) is 5.75 Å². The minimum atomic E-state index is 0.376. The lowest BCUT2D eigenvalue weighted by molar-refractivity contribution is 0.00998. The minimum Gasteiger partial charge on any atom is -0.468 e. The van der Waals surface area contributed by atoms with Crippen LogP contribution in [0.4, 0.5) is 0 Å². The molecule has 0 atom stereocenters. The van der Waals surface area contributed by atoms with Crippen LogP contribution in [0.25, 0.3) is 0 Å². The molecule has 0 unspecified atom stereocenters. The van der Waals surface area contributed by atoms with Crippen molar-refractivity contribution < 1.29 is 9.47 Å². The smallest absolute Gasteiger partial charge is 0.189 e. The van der Waals surface area contributed by atoms with E-state index in [9.17, 15) is 0 Å². The Morgan fingerprint density at radius 1 is 1.15 bits per heavy atom. The van der Waals surface area contributed by atoms with Gasteiger partial charge in [0.1, 0.15) is 5.75 Å². The van der Waals surface area contributed by atoms with Crippen molar-refractivity contribution in [2.75, 3.05) is 13.4 Å². The fourth-order valence-electron chi connectivity index (χ4n) is 1.13. The van der Waals surface area contributed by atoms with E-state index in [0.29, 0.717) is 6.79 Å². The molecule has 2 nitrogen and oxygen atoms in total. The van der Waals surface area contributed by atoms with Crippen molar-refractivity contribution in [1.82, 2.24) is 0 Å². The van der Waals surface area contributed by atoms with Crippen LogP contribution in [0.5, 0.6) is 5.75 Å². The molecule has 70 valence electrons. The second-order valence-corrected chi connectivity index (χ2v) is 3.39. The molecular formula is C11H14O2. The summed E-state index contributed by atoms with van der Waals surface area (Å²) in [6.07, 6.45) is 2.65. The van der Waals surface area contributed by atoms with Crippen LogP contribution in [0.3, 0.4) is 0 Å². The first-order valence-electron chi connectivity index (χ1n) is 4.71. The SMILES string of the molecule is c1ccc(OCOCC2CC2)cc1. The van der Waals surface area contributed by atoms with Gasteiger partial charge in [-0.2, -0.15) is 0 Å². The molecule has 1 aromatic carbocycles. The number of rotatable bonds is 5. The Kier molecular flexibility index (Phi) is 2.82. The predicted octanol–water partition coefficient (Wildman–Crippen LogP) is 2.45. The van der Waals surface area contributed by atoms with Crippen LogP contribution < -0.4 is 4.74 Å². The Morgan fingerprint density at radius 2 is 1.92 bits per heavy atom. The summed E-state index contributed by atoms with van der Waals surface area (Å²) in [7, 11) is 0. The van der Waals surface area contributed by atoms with Gasteiger partial charge in [0.05, 0.1) is 6.61 Å². The molecule has 0 amide bonds. The third-order valence-corrected chi connectivity index (χ3v) is 2.10. The van der Waals surface area contributed by atoms with E-state index in [1.54, 1.807) is 0 Å². The van der Waals surface area contributed by atoms with Crippen molar-refractivity contribution in [3.63, 3.8) is 0 Å². The van der Waals surface area contributed by atoms with Gasteiger partial charge >= 0.3 is 0 Å². The Bertz CT molecular complexity index is 242. The lowest BCUT2D eigenvalue weighted by atomic mass is 10.3. The van der Waals surface area contributed by atoms with E-state index in [-0.39, 0.29) is 0 Å². The van der Waals surface area contributed by atoms with Crippen LogP contribution in [0.2, 0.25) is 0 Å². The van der Waals surface area contributed by atoms with Crippen LogP contribution in [-0.2, 0) is 4.74 Å². The molecule has 0 N–H and O–H groups in total. The highest BCUT2D eigenvalue weighted by molar-refractivity contribution is 5.20. The summed E-state index contributed by atoms with van der Waals surface area (Å²) >= 11 is 0. The lowest BCUT2D eigenvalue weighted by Gasteiger charge is -2.05. The molecule has 0 aromatic heterocycles. The van der Waals surface area contributed by atoms with Crippen LogP contribution >= 0.6 is 0 Å². The summed E-state index contributed by atoms with van der Waals surface area (Å²) in [5.74, 6) is 1.68. The molecule has 0 bridgehead atoms. The Balaban J connectivity index is 1.61. The Morgan fingerprint density at radius 3 is 2.62 bits per heavy atom. The molecule has 1 aliphatic rings. The van der Waals surface area contributed by atoms with Crippen LogP contribution in [0.15, 0.2) is 30.3 Å². The van der Waals surface area contributed by atoms with Crippen LogP contribution in [0.1, 0.15) is 12.8 Å². The molecule has 1 aromatic rings. The molecule has 2 rings (SSSR count). The van der Waals surface area contributed by atoms with E-state index in [1.165, 1.54) is 12.8 Å². The molecule has 2 heteroatoms. The van der Waals surface area contributed by atoms with Crippen molar-refractivity contribution in [2.24, 2.45) is 5.92 Å². The average molecular weight is 178 g/mol. The number of hydrogen-bond acceptors (Lipinski definition) is 2. The summed E-state index contributed by atoms with van der Waals surface area (Å²) < 4.78 is 10.7. The molecule has 13 heavy (non-hydrogen) atoms. The Labute approximate surface area is 78.5 Å². The number of benzene rings is 1.